The van der Waals surface area contributed by atoms with Crippen molar-refractivity contribution in [3.05, 3.63) is 77.3 Å². The SMILES string of the molecule is COc1ccc(N(CC(=O)N/N=C\c2ccc(OCC(=O)Nc3cccc(Cl)c3)cc2)S(C)(=O)=O)c(OC)c1. The molecule has 0 aromatic heterocycles. The van der Waals surface area contributed by atoms with Crippen LogP contribution in [0, 0.1) is 0 Å². The predicted molar refractivity (Wildman–Crippen MR) is 149 cm³/mol. The Balaban J connectivity index is 1.54. The van der Waals surface area contributed by atoms with Gasteiger partial charge in [-0.2, -0.15) is 5.10 Å². The fourth-order valence-electron chi connectivity index (χ4n) is 3.28. The number of hydrogen-bond acceptors (Lipinski definition) is 8. The topological polar surface area (TPSA) is 136 Å². The second kappa shape index (κ2) is 13.5. The van der Waals surface area contributed by atoms with Crippen molar-refractivity contribution in [2.75, 3.05) is 43.2 Å². The summed E-state index contributed by atoms with van der Waals surface area (Å²) in [6.45, 7) is -0.727. The number of hydrazone groups is 1. The fraction of sp³-hybridized carbons (Fsp3) is 0.192. The van der Waals surface area contributed by atoms with Crippen LogP contribution in [0.15, 0.2) is 71.8 Å². The number of nitrogens with zero attached hydrogens (tertiary/aromatic N) is 2. The Morgan fingerprint density at radius 1 is 0.974 bits per heavy atom. The molecule has 0 bridgehead atoms. The molecule has 0 aliphatic carbocycles. The smallest absolute Gasteiger partial charge is 0.262 e. The van der Waals surface area contributed by atoms with Crippen LogP contribution >= 0.6 is 11.6 Å². The van der Waals surface area contributed by atoms with Crippen molar-refractivity contribution in [3.8, 4) is 17.2 Å². The summed E-state index contributed by atoms with van der Waals surface area (Å²) in [7, 11) is -0.973. The van der Waals surface area contributed by atoms with Gasteiger partial charge in [-0.15, -0.1) is 0 Å². The van der Waals surface area contributed by atoms with Gasteiger partial charge in [-0.3, -0.25) is 13.9 Å². The van der Waals surface area contributed by atoms with Gasteiger partial charge in [0.15, 0.2) is 6.61 Å². The fourth-order valence-corrected chi connectivity index (χ4v) is 4.33. The normalized spacial score (nSPS) is 11.1. The zero-order valence-corrected chi connectivity index (χ0v) is 23.0. The van der Waals surface area contributed by atoms with Crippen molar-refractivity contribution in [3.63, 3.8) is 0 Å². The van der Waals surface area contributed by atoms with E-state index in [0.717, 1.165) is 10.6 Å². The first-order valence-electron chi connectivity index (χ1n) is 11.4. The van der Waals surface area contributed by atoms with E-state index >= 15 is 0 Å². The molecule has 0 spiro atoms. The van der Waals surface area contributed by atoms with E-state index in [0.29, 0.717) is 27.8 Å². The number of nitrogens with one attached hydrogen (secondary N) is 2. The van der Waals surface area contributed by atoms with E-state index in [1.807, 2.05) is 0 Å². The average molecular weight is 575 g/mol. The number of benzene rings is 3. The molecule has 0 saturated carbocycles. The highest BCUT2D eigenvalue weighted by Gasteiger charge is 2.24. The van der Waals surface area contributed by atoms with E-state index < -0.39 is 22.5 Å². The molecule has 2 amide bonds. The first kappa shape index (κ1) is 29.3. The standard InChI is InChI=1S/C26H27ClN4O7S/c1-36-22-11-12-23(24(14-22)37-2)31(39(3,34)35)16-25(32)30-28-15-18-7-9-21(10-8-18)38-17-26(33)29-20-6-4-5-19(27)13-20/h4-15H,16-17H2,1-3H3,(H,29,33)(H,30,32)/b28-15-. The number of hydrogen-bond donors (Lipinski definition) is 2. The van der Waals surface area contributed by atoms with Gasteiger partial charge in [0.25, 0.3) is 11.8 Å². The molecule has 3 rings (SSSR count). The molecular weight excluding hydrogens is 548 g/mol. The van der Waals surface area contributed by atoms with Gasteiger partial charge < -0.3 is 19.5 Å². The summed E-state index contributed by atoms with van der Waals surface area (Å²) in [5.41, 5.74) is 3.68. The van der Waals surface area contributed by atoms with Gasteiger partial charge in [0.1, 0.15) is 23.8 Å². The van der Waals surface area contributed by atoms with Crippen LogP contribution in [-0.4, -0.2) is 60.1 Å². The summed E-state index contributed by atoms with van der Waals surface area (Å²) in [4.78, 5) is 24.5. The van der Waals surface area contributed by atoms with Crippen LogP contribution in [-0.2, 0) is 19.6 Å². The minimum absolute atomic E-state index is 0.178. The van der Waals surface area contributed by atoms with Gasteiger partial charge in [0, 0.05) is 16.8 Å². The summed E-state index contributed by atoms with van der Waals surface area (Å²) in [6.07, 6.45) is 2.37. The molecule has 3 aromatic rings. The molecule has 0 fully saturated rings. The van der Waals surface area contributed by atoms with E-state index in [1.54, 1.807) is 54.6 Å². The van der Waals surface area contributed by atoms with Gasteiger partial charge in [-0.25, -0.2) is 13.8 Å². The number of amides is 2. The first-order chi connectivity index (χ1) is 18.6. The highest BCUT2D eigenvalue weighted by atomic mass is 35.5. The van der Waals surface area contributed by atoms with E-state index in [9.17, 15) is 18.0 Å². The van der Waals surface area contributed by atoms with Crippen LogP contribution in [0.25, 0.3) is 0 Å². The third-order valence-electron chi connectivity index (χ3n) is 5.10. The number of sulfonamides is 1. The van der Waals surface area contributed by atoms with Crippen molar-refractivity contribution >= 4 is 51.0 Å². The molecule has 0 unspecified atom stereocenters. The predicted octanol–water partition coefficient (Wildman–Crippen LogP) is 3.29. The number of anilines is 2. The number of ether oxygens (including phenoxy) is 3. The van der Waals surface area contributed by atoms with Crippen molar-refractivity contribution in [2.24, 2.45) is 5.10 Å². The lowest BCUT2D eigenvalue weighted by molar-refractivity contribution is -0.119. The van der Waals surface area contributed by atoms with E-state index in [-0.39, 0.29) is 24.0 Å². The molecule has 0 radical (unpaired) electrons. The Labute approximate surface area is 231 Å². The summed E-state index contributed by atoms with van der Waals surface area (Å²) in [6, 6.07) is 17.9. The molecule has 2 N–H and O–H groups in total. The number of halogens is 1. The quantitative estimate of drug-likeness (QED) is 0.250. The Kier molecular flexibility index (Phi) is 10.1. The van der Waals surface area contributed by atoms with Crippen LogP contribution < -0.4 is 29.3 Å². The number of carbonyl (C=O) groups is 2. The third kappa shape index (κ3) is 8.90. The second-order valence-corrected chi connectivity index (χ2v) is 10.4. The Bertz CT molecular complexity index is 1450. The van der Waals surface area contributed by atoms with Crippen molar-refractivity contribution < 1.29 is 32.2 Å². The molecule has 0 saturated heterocycles. The molecule has 39 heavy (non-hydrogen) atoms. The van der Waals surface area contributed by atoms with Crippen molar-refractivity contribution in [1.29, 1.82) is 0 Å². The maximum atomic E-state index is 12.5. The van der Waals surface area contributed by atoms with Crippen molar-refractivity contribution in [1.82, 2.24) is 5.43 Å². The van der Waals surface area contributed by atoms with E-state index in [4.69, 9.17) is 25.8 Å². The van der Waals surface area contributed by atoms with Crippen LogP contribution in [0.3, 0.4) is 0 Å². The van der Waals surface area contributed by atoms with E-state index in [1.165, 1.54) is 32.6 Å². The monoisotopic (exact) mass is 574 g/mol. The Morgan fingerprint density at radius 2 is 1.69 bits per heavy atom. The summed E-state index contributed by atoms with van der Waals surface area (Å²) in [5, 5.41) is 7.08. The van der Waals surface area contributed by atoms with Gasteiger partial charge >= 0.3 is 0 Å². The number of methoxy groups -OCH3 is 2. The summed E-state index contributed by atoms with van der Waals surface area (Å²) >= 11 is 5.90. The molecule has 13 heteroatoms. The first-order valence-corrected chi connectivity index (χ1v) is 13.6. The summed E-state index contributed by atoms with van der Waals surface area (Å²) < 4.78 is 41.6. The lowest BCUT2D eigenvalue weighted by Crippen LogP contribution is -2.39. The molecule has 0 heterocycles. The summed E-state index contributed by atoms with van der Waals surface area (Å²) in [5.74, 6) is 0.131. The highest BCUT2D eigenvalue weighted by Crippen LogP contribution is 2.33. The largest absolute Gasteiger partial charge is 0.497 e. The second-order valence-electron chi connectivity index (χ2n) is 8.02. The lowest BCUT2D eigenvalue weighted by Gasteiger charge is -2.23. The average Bonchev–Trinajstić information content (AvgIpc) is 2.90. The Hall–Kier alpha value is -4.29. The minimum Gasteiger partial charge on any atom is -0.497 e. The number of rotatable bonds is 12. The van der Waals surface area contributed by atoms with Crippen LogP contribution in [0.1, 0.15) is 5.56 Å². The maximum absolute atomic E-state index is 12.5. The minimum atomic E-state index is -3.83. The zero-order valence-electron chi connectivity index (χ0n) is 21.4. The number of carbonyl (C=O) groups excluding carboxylic acids is 2. The molecule has 0 atom stereocenters. The van der Waals surface area contributed by atoms with E-state index in [2.05, 4.69) is 15.8 Å². The van der Waals surface area contributed by atoms with Gasteiger partial charge in [-0.05, 0) is 60.2 Å². The van der Waals surface area contributed by atoms with Crippen LogP contribution in [0.2, 0.25) is 5.02 Å². The zero-order chi connectivity index (χ0) is 28.4. The Morgan fingerprint density at radius 3 is 2.33 bits per heavy atom. The van der Waals surface area contributed by atoms with Crippen LogP contribution in [0.5, 0.6) is 17.2 Å². The molecule has 11 nitrogen and oxygen atoms in total. The van der Waals surface area contributed by atoms with Gasteiger partial charge in [0.2, 0.25) is 10.0 Å². The van der Waals surface area contributed by atoms with Gasteiger partial charge in [0.05, 0.1) is 32.4 Å². The van der Waals surface area contributed by atoms with Gasteiger partial charge in [-0.1, -0.05) is 17.7 Å². The van der Waals surface area contributed by atoms with Crippen molar-refractivity contribution in [2.45, 2.75) is 0 Å². The highest BCUT2D eigenvalue weighted by molar-refractivity contribution is 7.92. The molecule has 206 valence electrons. The lowest BCUT2D eigenvalue weighted by atomic mass is 10.2. The van der Waals surface area contributed by atoms with Crippen LogP contribution in [0.4, 0.5) is 11.4 Å². The molecule has 3 aromatic carbocycles. The molecular formula is C26H27ClN4O7S. The maximum Gasteiger partial charge on any atom is 0.262 e. The third-order valence-corrected chi connectivity index (χ3v) is 6.47. The molecule has 0 aliphatic rings. The molecule has 0 aliphatic heterocycles.